The van der Waals surface area contributed by atoms with Crippen LogP contribution in [0, 0.1) is 20.8 Å². The molecular formula is C49H42. The zero-order valence-corrected chi connectivity index (χ0v) is 28.7. The lowest BCUT2D eigenvalue weighted by atomic mass is 9.79. The number of benzene rings is 7. The van der Waals surface area contributed by atoms with Crippen molar-refractivity contribution >= 4 is 33.7 Å². The van der Waals surface area contributed by atoms with Crippen LogP contribution in [0.25, 0.3) is 56.0 Å². The van der Waals surface area contributed by atoms with Gasteiger partial charge in [0, 0.05) is 5.92 Å². The van der Waals surface area contributed by atoms with E-state index in [-0.39, 0.29) is 0 Å². The lowest BCUT2D eigenvalue weighted by Crippen LogP contribution is -2.08. The molecule has 0 spiro atoms. The SMILES string of the molecule is Cc1cccc2ccccc12.Cc1ccccc1-c1c(C)ccc2c1CC(c1ccc3cc(-c4ccc5c(c4)C=CCC5)ccc3c1)C=C2. The van der Waals surface area contributed by atoms with E-state index in [0.717, 1.165) is 19.3 Å². The van der Waals surface area contributed by atoms with Crippen LogP contribution in [0.1, 0.15) is 56.8 Å². The summed E-state index contributed by atoms with van der Waals surface area (Å²) in [4.78, 5) is 0. The molecular weight excluding hydrogens is 589 g/mol. The molecule has 0 saturated carbocycles. The van der Waals surface area contributed by atoms with Crippen molar-refractivity contribution in [1.29, 1.82) is 0 Å². The highest BCUT2D eigenvalue weighted by Gasteiger charge is 2.21. The second kappa shape index (κ2) is 13.2. The van der Waals surface area contributed by atoms with E-state index in [1.807, 2.05) is 0 Å². The molecule has 0 saturated heterocycles. The molecule has 238 valence electrons. The molecule has 0 heteroatoms. The van der Waals surface area contributed by atoms with E-state index in [2.05, 4.69) is 179 Å². The predicted molar refractivity (Wildman–Crippen MR) is 212 cm³/mol. The maximum Gasteiger partial charge on any atom is 0.00623 e. The van der Waals surface area contributed by atoms with E-state index < -0.39 is 0 Å². The molecule has 0 heterocycles. The number of aryl methyl sites for hydroxylation is 4. The van der Waals surface area contributed by atoms with Gasteiger partial charge in [0.05, 0.1) is 0 Å². The van der Waals surface area contributed by atoms with Crippen LogP contribution in [-0.2, 0) is 12.8 Å². The van der Waals surface area contributed by atoms with Gasteiger partial charge in [-0.3, -0.25) is 0 Å². The van der Waals surface area contributed by atoms with Crippen molar-refractivity contribution in [3.63, 3.8) is 0 Å². The van der Waals surface area contributed by atoms with Crippen LogP contribution < -0.4 is 0 Å². The standard InChI is InChI=1S/C38H32.C11H10/c1-25-7-3-6-10-36(25)38-26(2)11-12-28-14-16-35(24-37(28)38)34-20-19-32-22-31(17-18-33(32)23-34)30-15-13-27-8-4-5-9-29(27)21-30;1-9-5-4-7-10-6-2-3-8-11(9)10/h3,5-7,9-23,35H,4,8,24H2,1-2H3;2-8H,1H3. The first kappa shape index (κ1) is 30.8. The number of hydrogen-bond acceptors (Lipinski definition) is 0. The zero-order chi connectivity index (χ0) is 33.3. The lowest BCUT2D eigenvalue weighted by Gasteiger charge is -2.25. The van der Waals surface area contributed by atoms with Gasteiger partial charge >= 0.3 is 0 Å². The Morgan fingerprint density at radius 3 is 2.18 bits per heavy atom. The first-order valence-corrected chi connectivity index (χ1v) is 17.7. The smallest absolute Gasteiger partial charge is 0.00623 e. The summed E-state index contributed by atoms with van der Waals surface area (Å²) in [5.41, 5.74) is 16.5. The maximum atomic E-state index is 2.40. The van der Waals surface area contributed by atoms with Crippen molar-refractivity contribution in [1.82, 2.24) is 0 Å². The van der Waals surface area contributed by atoms with Crippen LogP contribution in [0.2, 0.25) is 0 Å². The monoisotopic (exact) mass is 630 g/mol. The number of allylic oxidation sites excluding steroid dienone is 2. The Labute approximate surface area is 291 Å². The van der Waals surface area contributed by atoms with Crippen molar-refractivity contribution < 1.29 is 0 Å². The molecule has 0 aromatic heterocycles. The van der Waals surface area contributed by atoms with Gasteiger partial charge in [0.25, 0.3) is 0 Å². The summed E-state index contributed by atoms with van der Waals surface area (Å²) >= 11 is 0. The summed E-state index contributed by atoms with van der Waals surface area (Å²) in [6.45, 7) is 6.62. The van der Waals surface area contributed by atoms with E-state index in [4.69, 9.17) is 0 Å². The molecule has 0 nitrogen and oxygen atoms in total. The third-order valence-corrected chi connectivity index (χ3v) is 10.6. The van der Waals surface area contributed by atoms with Gasteiger partial charge in [-0.15, -0.1) is 0 Å². The van der Waals surface area contributed by atoms with Crippen molar-refractivity contribution in [2.45, 2.75) is 46.0 Å². The van der Waals surface area contributed by atoms with Gasteiger partial charge in [-0.05, 0) is 140 Å². The summed E-state index contributed by atoms with van der Waals surface area (Å²) in [7, 11) is 0. The van der Waals surface area contributed by atoms with Crippen molar-refractivity contribution in [2.24, 2.45) is 0 Å². The molecule has 0 bridgehead atoms. The molecule has 9 rings (SSSR count). The van der Waals surface area contributed by atoms with Gasteiger partial charge in [-0.25, -0.2) is 0 Å². The first-order chi connectivity index (χ1) is 24.0. The minimum Gasteiger partial charge on any atom is -0.0836 e. The number of fused-ring (bicyclic) bond motifs is 4. The van der Waals surface area contributed by atoms with Crippen LogP contribution in [-0.4, -0.2) is 0 Å². The highest BCUT2D eigenvalue weighted by Crippen LogP contribution is 2.40. The fourth-order valence-electron chi connectivity index (χ4n) is 7.79. The van der Waals surface area contributed by atoms with Gasteiger partial charge < -0.3 is 0 Å². The second-order valence-electron chi connectivity index (χ2n) is 13.8. The van der Waals surface area contributed by atoms with Crippen molar-refractivity contribution in [3.05, 3.63) is 190 Å². The Balaban J connectivity index is 0.000000269. The minimum atomic E-state index is 0.378. The van der Waals surface area contributed by atoms with E-state index in [1.54, 1.807) is 0 Å². The van der Waals surface area contributed by atoms with E-state index in [1.165, 1.54) is 88.3 Å². The molecule has 0 N–H and O–H groups in total. The molecule has 2 aliphatic rings. The molecule has 7 aromatic carbocycles. The largest absolute Gasteiger partial charge is 0.0836 e. The Hall–Kier alpha value is -5.46. The van der Waals surface area contributed by atoms with Crippen molar-refractivity contribution in [3.8, 4) is 22.3 Å². The molecule has 2 aliphatic carbocycles. The van der Waals surface area contributed by atoms with Crippen LogP contribution in [0.3, 0.4) is 0 Å². The van der Waals surface area contributed by atoms with Crippen LogP contribution in [0.5, 0.6) is 0 Å². The van der Waals surface area contributed by atoms with Crippen LogP contribution in [0.15, 0.2) is 146 Å². The minimum absolute atomic E-state index is 0.378. The van der Waals surface area contributed by atoms with E-state index >= 15 is 0 Å². The Morgan fingerprint density at radius 2 is 1.29 bits per heavy atom. The Kier molecular flexibility index (Phi) is 8.32. The summed E-state index contributed by atoms with van der Waals surface area (Å²) in [6, 6.07) is 49.1. The highest BCUT2D eigenvalue weighted by atomic mass is 14.3. The Morgan fingerprint density at radius 1 is 0.531 bits per heavy atom. The van der Waals surface area contributed by atoms with Crippen LogP contribution in [0.4, 0.5) is 0 Å². The zero-order valence-electron chi connectivity index (χ0n) is 28.7. The molecule has 1 unspecified atom stereocenters. The predicted octanol–water partition coefficient (Wildman–Crippen LogP) is 13.3. The fourth-order valence-corrected chi connectivity index (χ4v) is 7.79. The number of hydrogen-bond donors (Lipinski definition) is 0. The molecule has 0 fully saturated rings. The van der Waals surface area contributed by atoms with Gasteiger partial charge in [0.1, 0.15) is 0 Å². The first-order valence-electron chi connectivity index (χ1n) is 17.7. The highest BCUT2D eigenvalue weighted by molar-refractivity contribution is 5.89. The quantitative estimate of drug-likeness (QED) is 0.182. The third kappa shape index (κ3) is 6.16. The fraction of sp³-hybridized carbons (Fsp3) is 0.143. The van der Waals surface area contributed by atoms with E-state index in [9.17, 15) is 0 Å². The number of rotatable bonds is 3. The van der Waals surface area contributed by atoms with Gasteiger partial charge in [-0.2, -0.15) is 0 Å². The van der Waals surface area contributed by atoms with Crippen LogP contribution >= 0.6 is 0 Å². The van der Waals surface area contributed by atoms with Gasteiger partial charge in [0.15, 0.2) is 0 Å². The molecule has 49 heavy (non-hydrogen) atoms. The summed E-state index contributed by atoms with van der Waals surface area (Å²) in [5.74, 6) is 0.378. The normalized spacial score (nSPS) is 14.6. The molecule has 0 aliphatic heterocycles. The van der Waals surface area contributed by atoms with Gasteiger partial charge in [-0.1, -0.05) is 146 Å². The molecule has 7 aromatic rings. The average molecular weight is 631 g/mol. The average Bonchev–Trinajstić information content (AvgIpc) is 3.15. The summed E-state index contributed by atoms with van der Waals surface area (Å²) in [5, 5.41) is 5.30. The second-order valence-corrected chi connectivity index (χ2v) is 13.8. The maximum absolute atomic E-state index is 2.40. The molecule has 0 amide bonds. The summed E-state index contributed by atoms with van der Waals surface area (Å²) in [6.07, 6.45) is 12.6. The molecule has 1 atom stereocenters. The van der Waals surface area contributed by atoms with Crippen molar-refractivity contribution in [2.75, 3.05) is 0 Å². The lowest BCUT2D eigenvalue weighted by molar-refractivity contribution is 0.829. The molecule has 0 radical (unpaired) electrons. The van der Waals surface area contributed by atoms with Gasteiger partial charge in [0.2, 0.25) is 0 Å². The Bertz CT molecular complexity index is 2390. The third-order valence-electron chi connectivity index (χ3n) is 10.6. The van der Waals surface area contributed by atoms with E-state index in [0.29, 0.717) is 5.92 Å². The topological polar surface area (TPSA) is 0 Å². The summed E-state index contributed by atoms with van der Waals surface area (Å²) < 4.78 is 0.